The number of halogens is 2. The van der Waals surface area contributed by atoms with Crippen LogP contribution in [0, 0.1) is 0 Å². The summed E-state index contributed by atoms with van der Waals surface area (Å²) in [4.78, 5) is 0. The van der Waals surface area contributed by atoms with E-state index in [0.29, 0.717) is 28.5 Å². The Morgan fingerprint density at radius 3 is 2.56 bits per heavy atom. The third kappa shape index (κ3) is 3.40. The van der Waals surface area contributed by atoms with E-state index in [-0.39, 0.29) is 16.8 Å². The summed E-state index contributed by atoms with van der Waals surface area (Å²) in [6.45, 7) is 0. The molecule has 0 bridgehead atoms. The SMILES string of the molecule is COc1ccc(C2=NN3[C@@H](C2)c2ccccc2O[C@H]3c2cc(Cl)cc(Cl)c2O)cc1OC. The first-order valence-corrected chi connectivity index (χ1v) is 10.8. The number of rotatable bonds is 4. The van der Waals surface area contributed by atoms with E-state index in [1.807, 2.05) is 47.5 Å². The van der Waals surface area contributed by atoms with Crippen molar-refractivity contribution in [3.63, 3.8) is 0 Å². The van der Waals surface area contributed by atoms with Gasteiger partial charge in [-0.3, -0.25) is 0 Å². The molecule has 5 rings (SSSR count). The van der Waals surface area contributed by atoms with Gasteiger partial charge in [0.2, 0.25) is 6.23 Å². The Kier molecular flexibility index (Phi) is 5.27. The van der Waals surface area contributed by atoms with Crippen LogP contribution in [0.25, 0.3) is 0 Å². The van der Waals surface area contributed by atoms with Crippen molar-refractivity contribution in [2.75, 3.05) is 14.2 Å². The second kappa shape index (κ2) is 8.11. The number of ether oxygens (including phenoxy) is 3. The van der Waals surface area contributed by atoms with Gasteiger partial charge in [0.1, 0.15) is 11.5 Å². The summed E-state index contributed by atoms with van der Waals surface area (Å²) in [5.74, 6) is 1.94. The molecule has 0 fully saturated rings. The molecule has 0 saturated carbocycles. The molecule has 1 N–H and O–H groups in total. The zero-order chi connectivity index (χ0) is 22.4. The lowest BCUT2D eigenvalue weighted by molar-refractivity contribution is -0.0203. The predicted octanol–water partition coefficient (Wildman–Crippen LogP) is 5.96. The van der Waals surface area contributed by atoms with Crippen LogP contribution in [0.15, 0.2) is 59.7 Å². The third-order valence-corrected chi connectivity index (χ3v) is 6.25. The summed E-state index contributed by atoms with van der Waals surface area (Å²) < 4.78 is 17.1. The van der Waals surface area contributed by atoms with Crippen LogP contribution in [0.2, 0.25) is 10.0 Å². The standard InChI is InChI=1S/C24H20Cl2N2O4/c1-30-21-8-7-13(9-22(21)31-2)18-12-19-15-5-3-4-6-20(15)32-24(28(19)27-18)16-10-14(25)11-17(26)23(16)29/h3-11,19,24,29H,12H2,1-2H3/t19-,24-/m0/s1. The highest BCUT2D eigenvalue weighted by Gasteiger charge is 2.42. The molecule has 0 saturated heterocycles. The number of hydrazone groups is 1. The van der Waals surface area contributed by atoms with Crippen LogP contribution in [0.4, 0.5) is 0 Å². The maximum Gasteiger partial charge on any atom is 0.217 e. The van der Waals surface area contributed by atoms with Gasteiger partial charge < -0.3 is 19.3 Å². The quantitative estimate of drug-likeness (QED) is 0.509. The predicted molar refractivity (Wildman–Crippen MR) is 123 cm³/mol. The minimum absolute atomic E-state index is 0.0750. The van der Waals surface area contributed by atoms with Gasteiger partial charge in [-0.05, 0) is 36.4 Å². The lowest BCUT2D eigenvalue weighted by Gasteiger charge is -2.38. The van der Waals surface area contributed by atoms with E-state index in [1.54, 1.807) is 20.3 Å². The van der Waals surface area contributed by atoms with Crippen molar-refractivity contribution in [3.05, 3.63) is 81.3 Å². The van der Waals surface area contributed by atoms with Crippen molar-refractivity contribution in [3.8, 4) is 23.0 Å². The van der Waals surface area contributed by atoms with Gasteiger partial charge in [-0.15, -0.1) is 0 Å². The number of nitrogens with zero attached hydrogens (tertiary/aromatic N) is 2. The number of fused-ring (bicyclic) bond motifs is 3. The monoisotopic (exact) mass is 470 g/mol. The van der Waals surface area contributed by atoms with Crippen molar-refractivity contribution >= 4 is 28.9 Å². The van der Waals surface area contributed by atoms with Gasteiger partial charge >= 0.3 is 0 Å². The first-order chi connectivity index (χ1) is 15.5. The number of hydrogen-bond donors (Lipinski definition) is 1. The number of aromatic hydroxyl groups is 1. The lowest BCUT2D eigenvalue weighted by Crippen LogP contribution is -2.33. The number of phenolic OH excluding ortho intramolecular Hbond substituents is 1. The van der Waals surface area contributed by atoms with Crippen LogP contribution in [-0.2, 0) is 0 Å². The average Bonchev–Trinajstić information content (AvgIpc) is 3.26. The molecule has 2 heterocycles. The number of hydrogen-bond acceptors (Lipinski definition) is 6. The van der Waals surface area contributed by atoms with Crippen LogP contribution in [0.3, 0.4) is 0 Å². The van der Waals surface area contributed by atoms with Gasteiger partial charge in [0.05, 0.1) is 36.6 Å². The molecule has 2 aliphatic rings. The number of methoxy groups -OCH3 is 2. The molecule has 0 radical (unpaired) electrons. The molecule has 0 spiro atoms. The fourth-order valence-corrected chi connectivity index (χ4v) is 4.71. The molecule has 0 amide bonds. The van der Waals surface area contributed by atoms with Gasteiger partial charge in [-0.2, -0.15) is 5.10 Å². The Hall–Kier alpha value is -3.09. The van der Waals surface area contributed by atoms with Crippen molar-refractivity contribution in [2.24, 2.45) is 5.10 Å². The Morgan fingerprint density at radius 2 is 1.78 bits per heavy atom. The minimum Gasteiger partial charge on any atom is -0.506 e. The normalized spacial score (nSPS) is 19.0. The van der Waals surface area contributed by atoms with E-state index >= 15 is 0 Å². The molecular formula is C24H20Cl2N2O4. The molecule has 32 heavy (non-hydrogen) atoms. The molecular weight excluding hydrogens is 451 g/mol. The van der Waals surface area contributed by atoms with Crippen molar-refractivity contribution < 1.29 is 19.3 Å². The molecule has 3 aromatic carbocycles. The van der Waals surface area contributed by atoms with Crippen molar-refractivity contribution in [1.29, 1.82) is 0 Å². The molecule has 164 valence electrons. The molecule has 2 atom stereocenters. The summed E-state index contributed by atoms with van der Waals surface area (Å²) in [5, 5.41) is 18.0. The summed E-state index contributed by atoms with van der Waals surface area (Å²) in [6.07, 6.45) is -0.0368. The Labute approximate surface area is 195 Å². The topological polar surface area (TPSA) is 63.5 Å². The first kappa shape index (κ1) is 20.8. The summed E-state index contributed by atoms with van der Waals surface area (Å²) in [6, 6.07) is 16.6. The molecule has 0 aromatic heterocycles. The smallest absolute Gasteiger partial charge is 0.217 e. The molecule has 8 heteroatoms. The van der Waals surface area contributed by atoms with E-state index in [9.17, 15) is 5.11 Å². The van der Waals surface area contributed by atoms with Crippen LogP contribution in [0.5, 0.6) is 23.0 Å². The summed E-state index contributed by atoms with van der Waals surface area (Å²) in [7, 11) is 3.21. The summed E-state index contributed by atoms with van der Waals surface area (Å²) >= 11 is 12.4. The number of benzene rings is 3. The van der Waals surface area contributed by atoms with Crippen molar-refractivity contribution in [2.45, 2.75) is 18.7 Å². The van der Waals surface area contributed by atoms with Crippen molar-refractivity contribution in [1.82, 2.24) is 5.01 Å². The van der Waals surface area contributed by atoms with E-state index in [4.69, 9.17) is 42.5 Å². The fourth-order valence-electron chi connectivity index (χ4n) is 4.20. The number of para-hydroxylation sites is 1. The molecule has 0 aliphatic carbocycles. The van der Waals surface area contributed by atoms with E-state index in [0.717, 1.165) is 22.6 Å². The highest BCUT2D eigenvalue weighted by molar-refractivity contribution is 6.35. The highest BCUT2D eigenvalue weighted by atomic mass is 35.5. The fraction of sp³-hybridized carbons (Fsp3) is 0.208. The zero-order valence-electron chi connectivity index (χ0n) is 17.4. The first-order valence-electron chi connectivity index (χ1n) is 10.0. The van der Waals surface area contributed by atoms with Gasteiger partial charge in [0, 0.05) is 22.6 Å². The maximum atomic E-state index is 10.7. The van der Waals surface area contributed by atoms with E-state index in [2.05, 4.69) is 0 Å². The zero-order valence-corrected chi connectivity index (χ0v) is 18.9. The largest absolute Gasteiger partial charge is 0.506 e. The van der Waals surface area contributed by atoms with E-state index in [1.165, 1.54) is 6.07 Å². The maximum absolute atomic E-state index is 10.7. The molecule has 0 unspecified atom stereocenters. The van der Waals surface area contributed by atoms with Gasteiger partial charge in [-0.25, -0.2) is 5.01 Å². The molecule has 2 aliphatic heterocycles. The average molecular weight is 471 g/mol. The molecule has 6 nitrogen and oxygen atoms in total. The number of phenols is 1. The van der Waals surface area contributed by atoms with Crippen LogP contribution < -0.4 is 14.2 Å². The van der Waals surface area contributed by atoms with E-state index < -0.39 is 6.23 Å². The Bertz CT molecular complexity index is 1230. The Balaban J connectivity index is 1.61. The highest BCUT2D eigenvalue weighted by Crippen LogP contribution is 2.50. The van der Waals surface area contributed by atoms with Gasteiger partial charge in [0.25, 0.3) is 0 Å². The Morgan fingerprint density at radius 1 is 1.00 bits per heavy atom. The second-order valence-corrected chi connectivity index (χ2v) is 8.39. The third-order valence-electron chi connectivity index (χ3n) is 5.74. The van der Waals surface area contributed by atoms with Gasteiger partial charge in [-0.1, -0.05) is 41.4 Å². The minimum atomic E-state index is -0.691. The lowest BCUT2D eigenvalue weighted by atomic mass is 9.95. The van der Waals surface area contributed by atoms with Gasteiger partial charge in [0.15, 0.2) is 11.5 Å². The molecule has 3 aromatic rings. The van der Waals surface area contributed by atoms with Crippen LogP contribution in [-0.4, -0.2) is 30.0 Å². The second-order valence-electron chi connectivity index (χ2n) is 7.55. The summed E-state index contributed by atoms with van der Waals surface area (Å²) in [5.41, 5.74) is 3.27. The van der Waals surface area contributed by atoms with Crippen LogP contribution >= 0.6 is 23.2 Å². The van der Waals surface area contributed by atoms with Crippen LogP contribution in [0.1, 0.15) is 35.4 Å².